The molecule has 0 aliphatic carbocycles. The molecule has 2 amide bonds. The zero-order chi connectivity index (χ0) is 19.7. The Morgan fingerprint density at radius 1 is 1.14 bits per heavy atom. The average molecular weight is 376 g/mol. The van der Waals surface area contributed by atoms with Gasteiger partial charge in [0, 0.05) is 19.2 Å². The first-order chi connectivity index (χ1) is 13.6. The quantitative estimate of drug-likeness (QED) is 0.774. The Morgan fingerprint density at radius 3 is 2.64 bits per heavy atom. The van der Waals surface area contributed by atoms with E-state index in [4.69, 9.17) is 4.74 Å². The fraction of sp³-hybridized carbons (Fsp3) is 0.304. The van der Waals surface area contributed by atoms with Crippen molar-refractivity contribution >= 4 is 17.4 Å². The van der Waals surface area contributed by atoms with E-state index in [2.05, 4.69) is 12.1 Å². The van der Waals surface area contributed by atoms with Crippen LogP contribution in [0.15, 0.2) is 54.6 Å². The Bertz CT molecular complexity index is 933. The highest BCUT2D eigenvalue weighted by atomic mass is 16.5. The first-order valence-electron chi connectivity index (χ1n) is 9.55. The zero-order valence-corrected chi connectivity index (χ0v) is 16.2. The van der Waals surface area contributed by atoms with Gasteiger partial charge in [-0.3, -0.25) is 9.59 Å². The molecular formula is C23H24N2O3. The van der Waals surface area contributed by atoms with Crippen molar-refractivity contribution in [2.24, 2.45) is 0 Å². The van der Waals surface area contributed by atoms with Gasteiger partial charge in [-0.1, -0.05) is 36.4 Å². The van der Waals surface area contributed by atoms with Gasteiger partial charge in [0.2, 0.25) is 11.8 Å². The molecule has 2 aromatic rings. The van der Waals surface area contributed by atoms with E-state index >= 15 is 0 Å². The Balaban J connectivity index is 1.54. The smallest absolute Gasteiger partial charge is 0.247 e. The molecule has 2 heterocycles. The predicted molar refractivity (Wildman–Crippen MR) is 108 cm³/mol. The summed E-state index contributed by atoms with van der Waals surface area (Å²) in [7, 11) is 1.63. The second-order valence-corrected chi connectivity index (χ2v) is 7.33. The van der Waals surface area contributed by atoms with Gasteiger partial charge in [-0.05, 0) is 47.7 Å². The Hall–Kier alpha value is -3.08. The zero-order valence-electron chi connectivity index (χ0n) is 16.2. The Labute approximate surface area is 165 Å². The third-order valence-electron chi connectivity index (χ3n) is 5.65. The number of ether oxygens (including phenoxy) is 1. The van der Waals surface area contributed by atoms with Gasteiger partial charge >= 0.3 is 0 Å². The maximum absolute atomic E-state index is 12.9. The molecule has 0 N–H and O–H groups in total. The van der Waals surface area contributed by atoms with Crippen LogP contribution in [0.25, 0.3) is 5.57 Å². The number of benzene rings is 2. The van der Waals surface area contributed by atoms with Gasteiger partial charge < -0.3 is 14.5 Å². The third-order valence-corrected chi connectivity index (χ3v) is 5.65. The predicted octanol–water partition coefficient (Wildman–Crippen LogP) is 3.07. The van der Waals surface area contributed by atoms with Crippen molar-refractivity contribution in [2.75, 3.05) is 26.7 Å². The van der Waals surface area contributed by atoms with Gasteiger partial charge in [0.1, 0.15) is 12.3 Å². The molecule has 1 fully saturated rings. The molecule has 2 aliphatic heterocycles. The molecule has 2 aliphatic rings. The summed E-state index contributed by atoms with van der Waals surface area (Å²) in [6, 6.07) is 15.8. The van der Waals surface area contributed by atoms with Gasteiger partial charge in [0.05, 0.1) is 13.2 Å². The van der Waals surface area contributed by atoms with Crippen LogP contribution in [0, 0.1) is 0 Å². The summed E-state index contributed by atoms with van der Waals surface area (Å²) >= 11 is 0. The van der Waals surface area contributed by atoms with Crippen LogP contribution in [0.2, 0.25) is 0 Å². The lowest BCUT2D eigenvalue weighted by Gasteiger charge is -2.44. The maximum Gasteiger partial charge on any atom is 0.247 e. The molecule has 1 atom stereocenters. The summed E-state index contributed by atoms with van der Waals surface area (Å²) in [6.07, 6.45) is 2.50. The van der Waals surface area contributed by atoms with Crippen LogP contribution >= 0.6 is 0 Å². The van der Waals surface area contributed by atoms with Crippen molar-refractivity contribution in [2.45, 2.75) is 19.4 Å². The van der Waals surface area contributed by atoms with Crippen molar-refractivity contribution in [3.8, 4) is 5.75 Å². The van der Waals surface area contributed by atoms with Crippen LogP contribution < -0.4 is 4.74 Å². The minimum absolute atomic E-state index is 0.0228. The summed E-state index contributed by atoms with van der Waals surface area (Å²) in [6.45, 7) is 3.31. The summed E-state index contributed by atoms with van der Waals surface area (Å²) in [5, 5.41) is 0. The number of carbonyl (C=O) groups excluding carboxylic acids is 2. The summed E-state index contributed by atoms with van der Waals surface area (Å²) in [5.41, 5.74) is 4.26. The number of piperazine rings is 1. The lowest BCUT2D eigenvalue weighted by molar-refractivity contribution is -0.147. The van der Waals surface area contributed by atoms with Gasteiger partial charge in [-0.15, -0.1) is 0 Å². The lowest BCUT2D eigenvalue weighted by atomic mass is 9.90. The molecule has 0 bridgehead atoms. The van der Waals surface area contributed by atoms with Crippen molar-refractivity contribution in [1.82, 2.24) is 9.80 Å². The number of amides is 2. The fourth-order valence-corrected chi connectivity index (χ4v) is 4.06. The lowest BCUT2D eigenvalue weighted by Crippen LogP contribution is -2.55. The van der Waals surface area contributed by atoms with E-state index in [0.717, 1.165) is 35.4 Å². The number of hydrogen-bond donors (Lipinski definition) is 0. The van der Waals surface area contributed by atoms with E-state index < -0.39 is 0 Å². The van der Waals surface area contributed by atoms with Crippen LogP contribution in [0.4, 0.5) is 0 Å². The minimum atomic E-state index is -0.121. The number of rotatable bonds is 3. The standard InChI is InChI=1S/C23H24N2O3/c1-16(17-7-9-19(28-2)10-8-17)13-22(26)24-14-21-20-6-4-3-5-18(20)11-12-25(21)23(27)15-24/h3-10,13,21H,11-12,14-15H2,1-2H3/b16-13+. The van der Waals surface area contributed by atoms with Crippen LogP contribution in [0.5, 0.6) is 5.75 Å². The highest BCUT2D eigenvalue weighted by molar-refractivity contribution is 5.97. The Morgan fingerprint density at radius 2 is 1.89 bits per heavy atom. The van der Waals surface area contributed by atoms with Crippen LogP contribution in [-0.2, 0) is 16.0 Å². The van der Waals surface area contributed by atoms with E-state index in [1.807, 2.05) is 48.2 Å². The molecule has 5 heteroatoms. The summed E-state index contributed by atoms with van der Waals surface area (Å²) < 4.78 is 5.18. The van der Waals surface area contributed by atoms with Gasteiger partial charge in [0.25, 0.3) is 0 Å². The molecule has 0 spiro atoms. The second-order valence-electron chi connectivity index (χ2n) is 7.33. The fourth-order valence-electron chi connectivity index (χ4n) is 4.06. The molecule has 28 heavy (non-hydrogen) atoms. The van der Waals surface area contributed by atoms with Crippen LogP contribution in [0.1, 0.15) is 29.7 Å². The molecule has 144 valence electrons. The van der Waals surface area contributed by atoms with Crippen molar-refractivity contribution < 1.29 is 14.3 Å². The molecular weight excluding hydrogens is 352 g/mol. The molecule has 5 nitrogen and oxygen atoms in total. The maximum atomic E-state index is 12.9. The number of nitrogens with zero attached hydrogens (tertiary/aromatic N) is 2. The largest absolute Gasteiger partial charge is 0.497 e. The first kappa shape index (κ1) is 18.3. The van der Waals surface area contributed by atoms with Crippen molar-refractivity contribution in [1.29, 1.82) is 0 Å². The molecule has 2 aromatic carbocycles. The first-order valence-corrected chi connectivity index (χ1v) is 9.55. The van der Waals surface area contributed by atoms with E-state index in [9.17, 15) is 9.59 Å². The summed E-state index contributed by atoms with van der Waals surface area (Å²) in [4.78, 5) is 29.2. The average Bonchev–Trinajstić information content (AvgIpc) is 2.73. The molecule has 1 unspecified atom stereocenters. The summed E-state index contributed by atoms with van der Waals surface area (Å²) in [5.74, 6) is 0.680. The molecule has 0 aromatic heterocycles. The third kappa shape index (κ3) is 3.40. The van der Waals surface area contributed by atoms with E-state index in [0.29, 0.717) is 6.54 Å². The van der Waals surface area contributed by atoms with Gasteiger partial charge in [-0.2, -0.15) is 0 Å². The molecule has 0 saturated carbocycles. The van der Waals surface area contributed by atoms with Gasteiger partial charge in [-0.25, -0.2) is 0 Å². The van der Waals surface area contributed by atoms with Gasteiger partial charge in [0.15, 0.2) is 0 Å². The molecule has 4 rings (SSSR count). The Kier molecular flexibility index (Phi) is 4.90. The highest BCUT2D eigenvalue weighted by Crippen LogP contribution is 2.33. The number of methoxy groups -OCH3 is 1. The highest BCUT2D eigenvalue weighted by Gasteiger charge is 2.37. The normalized spacial score (nSPS) is 19.1. The number of allylic oxidation sites excluding steroid dienone is 1. The number of hydrogen-bond acceptors (Lipinski definition) is 3. The van der Waals surface area contributed by atoms with E-state index in [1.165, 1.54) is 5.56 Å². The topological polar surface area (TPSA) is 49.9 Å². The van der Waals surface area contributed by atoms with Crippen molar-refractivity contribution in [3.05, 3.63) is 71.3 Å². The second kappa shape index (κ2) is 7.50. The van der Waals surface area contributed by atoms with Crippen molar-refractivity contribution in [3.63, 3.8) is 0 Å². The molecule has 1 saturated heterocycles. The number of fused-ring (bicyclic) bond motifs is 3. The number of carbonyl (C=O) groups is 2. The monoisotopic (exact) mass is 376 g/mol. The van der Waals surface area contributed by atoms with E-state index in [-0.39, 0.29) is 24.4 Å². The molecule has 0 radical (unpaired) electrons. The van der Waals surface area contributed by atoms with E-state index in [1.54, 1.807) is 18.1 Å². The SMILES string of the molecule is COc1ccc(/C(C)=C/C(=O)N2CC(=O)N3CCc4ccccc4C3C2)cc1. The van der Waals surface area contributed by atoms with Crippen LogP contribution in [-0.4, -0.2) is 48.4 Å². The van der Waals surface area contributed by atoms with Crippen LogP contribution in [0.3, 0.4) is 0 Å². The minimum Gasteiger partial charge on any atom is -0.497 e.